The van der Waals surface area contributed by atoms with Crippen LogP contribution in [-0.2, 0) is 6.54 Å². The molecule has 0 unspecified atom stereocenters. The van der Waals surface area contributed by atoms with Gasteiger partial charge in [-0.3, -0.25) is 4.98 Å². The van der Waals surface area contributed by atoms with Gasteiger partial charge in [-0.25, -0.2) is 9.18 Å². The fraction of sp³-hybridized carbons (Fsp3) is 0.0769. The molecule has 0 fully saturated rings. The lowest BCUT2D eigenvalue weighted by molar-refractivity contribution is 0.0695. The fourth-order valence-electron chi connectivity index (χ4n) is 1.55. The Morgan fingerprint density at radius 1 is 1.42 bits per heavy atom. The van der Waals surface area contributed by atoms with Crippen LogP contribution < -0.4 is 5.32 Å². The normalized spacial score (nSPS) is 10.2. The summed E-state index contributed by atoms with van der Waals surface area (Å²) in [7, 11) is 0. The lowest BCUT2D eigenvalue weighted by Gasteiger charge is -2.10. The third-order valence-corrected chi connectivity index (χ3v) is 3.29. The van der Waals surface area contributed by atoms with Crippen LogP contribution in [0.4, 0.5) is 10.1 Å². The first kappa shape index (κ1) is 13.5. The molecule has 0 aliphatic rings. The number of carbonyl (C=O) groups is 1. The van der Waals surface area contributed by atoms with Crippen LogP contribution >= 0.6 is 15.9 Å². The zero-order valence-electron chi connectivity index (χ0n) is 9.73. The number of hydrogen-bond acceptors (Lipinski definition) is 3. The van der Waals surface area contributed by atoms with Gasteiger partial charge in [0.15, 0.2) is 5.82 Å². The predicted molar refractivity (Wildman–Crippen MR) is 72.6 cm³/mol. The largest absolute Gasteiger partial charge is 0.478 e. The standard InChI is InChI=1S/C13H10BrFN2O2/c14-11-9(13(18)19)3-4-10(12(11)15)17-7-8-2-1-5-16-6-8/h1-6,17H,7H2,(H,18,19). The number of aromatic nitrogens is 1. The molecule has 1 aromatic heterocycles. The summed E-state index contributed by atoms with van der Waals surface area (Å²) in [6.07, 6.45) is 3.33. The maximum Gasteiger partial charge on any atom is 0.336 e. The number of halogens is 2. The first-order chi connectivity index (χ1) is 9.09. The van der Waals surface area contributed by atoms with Crippen LogP contribution in [0.1, 0.15) is 15.9 Å². The van der Waals surface area contributed by atoms with Crippen molar-refractivity contribution in [2.75, 3.05) is 5.32 Å². The number of carboxylic acid groups (broad SMARTS) is 1. The highest BCUT2D eigenvalue weighted by Gasteiger charge is 2.15. The Morgan fingerprint density at radius 3 is 2.84 bits per heavy atom. The van der Waals surface area contributed by atoms with E-state index >= 15 is 0 Å². The number of hydrogen-bond donors (Lipinski definition) is 2. The second-order valence-corrected chi connectivity index (χ2v) is 4.60. The quantitative estimate of drug-likeness (QED) is 0.905. The SMILES string of the molecule is O=C(O)c1ccc(NCc2cccnc2)c(F)c1Br. The van der Waals surface area contributed by atoms with E-state index in [1.54, 1.807) is 18.5 Å². The number of nitrogens with one attached hydrogen (secondary N) is 1. The molecule has 98 valence electrons. The van der Waals surface area contributed by atoms with Crippen LogP contribution in [0.5, 0.6) is 0 Å². The third kappa shape index (κ3) is 3.08. The van der Waals surface area contributed by atoms with E-state index in [0.717, 1.165) is 5.56 Å². The van der Waals surface area contributed by atoms with Gasteiger partial charge in [0.05, 0.1) is 15.7 Å². The summed E-state index contributed by atoms with van der Waals surface area (Å²) in [6.45, 7) is 0.406. The third-order valence-electron chi connectivity index (χ3n) is 2.52. The fourth-order valence-corrected chi connectivity index (χ4v) is 2.07. The molecule has 0 spiro atoms. The van der Waals surface area contributed by atoms with E-state index in [1.165, 1.54) is 12.1 Å². The molecule has 0 aliphatic heterocycles. The van der Waals surface area contributed by atoms with Crippen molar-refractivity contribution >= 4 is 27.6 Å². The smallest absolute Gasteiger partial charge is 0.336 e. The second kappa shape index (κ2) is 5.79. The lowest BCUT2D eigenvalue weighted by Crippen LogP contribution is -2.05. The summed E-state index contributed by atoms with van der Waals surface area (Å²) in [6, 6.07) is 6.40. The highest BCUT2D eigenvalue weighted by atomic mass is 79.9. The van der Waals surface area contributed by atoms with Crippen molar-refractivity contribution in [3.63, 3.8) is 0 Å². The molecule has 0 bridgehead atoms. The van der Waals surface area contributed by atoms with Crippen LogP contribution in [0.15, 0.2) is 41.1 Å². The summed E-state index contributed by atoms with van der Waals surface area (Å²) in [5, 5.41) is 11.8. The summed E-state index contributed by atoms with van der Waals surface area (Å²) < 4.78 is 13.9. The molecule has 0 aliphatic carbocycles. The summed E-state index contributed by atoms with van der Waals surface area (Å²) in [5.74, 6) is -1.80. The molecule has 19 heavy (non-hydrogen) atoms. The Bertz CT molecular complexity index is 605. The number of carboxylic acids is 1. The van der Waals surface area contributed by atoms with E-state index in [2.05, 4.69) is 26.2 Å². The van der Waals surface area contributed by atoms with Crippen molar-refractivity contribution in [2.24, 2.45) is 0 Å². The molecule has 6 heteroatoms. The van der Waals surface area contributed by atoms with Gasteiger partial charge in [-0.15, -0.1) is 0 Å². The number of nitrogens with zero attached hydrogens (tertiary/aromatic N) is 1. The molecule has 1 heterocycles. The van der Waals surface area contributed by atoms with E-state index in [4.69, 9.17) is 5.11 Å². The van der Waals surface area contributed by atoms with Gasteiger partial charge in [0.25, 0.3) is 0 Å². The molecule has 1 aromatic carbocycles. The van der Waals surface area contributed by atoms with Gasteiger partial charge in [0, 0.05) is 18.9 Å². The average Bonchev–Trinajstić information content (AvgIpc) is 2.41. The van der Waals surface area contributed by atoms with E-state index in [-0.39, 0.29) is 15.7 Å². The lowest BCUT2D eigenvalue weighted by atomic mass is 10.2. The van der Waals surface area contributed by atoms with Crippen LogP contribution in [0, 0.1) is 5.82 Å². The number of benzene rings is 1. The number of aromatic carboxylic acids is 1. The maximum atomic E-state index is 13.9. The molecule has 0 amide bonds. The number of anilines is 1. The zero-order valence-corrected chi connectivity index (χ0v) is 11.3. The maximum absolute atomic E-state index is 13.9. The highest BCUT2D eigenvalue weighted by Crippen LogP contribution is 2.27. The molecular formula is C13H10BrFN2O2. The molecule has 0 saturated heterocycles. The molecular weight excluding hydrogens is 315 g/mol. The topological polar surface area (TPSA) is 62.2 Å². The van der Waals surface area contributed by atoms with Crippen molar-refractivity contribution in [3.05, 3.63) is 58.1 Å². The van der Waals surface area contributed by atoms with E-state index in [9.17, 15) is 9.18 Å². The molecule has 2 N–H and O–H groups in total. The summed E-state index contributed by atoms with van der Waals surface area (Å²) in [4.78, 5) is 14.8. The molecule has 2 aromatic rings. The Hall–Kier alpha value is -1.95. The van der Waals surface area contributed by atoms with Gasteiger partial charge in [-0.2, -0.15) is 0 Å². The first-order valence-corrected chi connectivity index (χ1v) is 6.23. The molecule has 0 atom stereocenters. The van der Waals surface area contributed by atoms with Crippen LogP contribution in [-0.4, -0.2) is 16.1 Å². The molecule has 0 radical (unpaired) electrons. The van der Waals surface area contributed by atoms with Gasteiger partial charge in [0.1, 0.15) is 0 Å². The molecule has 4 nitrogen and oxygen atoms in total. The van der Waals surface area contributed by atoms with Crippen LogP contribution in [0.25, 0.3) is 0 Å². The van der Waals surface area contributed by atoms with E-state index in [0.29, 0.717) is 6.54 Å². The van der Waals surface area contributed by atoms with Crippen molar-refractivity contribution in [1.29, 1.82) is 0 Å². The zero-order chi connectivity index (χ0) is 13.8. The van der Waals surface area contributed by atoms with Gasteiger partial charge >= 0.3 is 5.97 Å². The first-order valence-electron chi connectivity index (χ1n) is 5.43. The number of rotatable bonds is 4. The molecule has 0 saturated carbocycles. The molecule has 2 rings (SSSR count). The van der Waals surface area contributed by atoms with E-state index in [1.807, 2.05) is 6.07 Å². The van der Waals surface area contributed by atoms with Crippen molar-refractivity contribution in [2.45, 2.75) is 6.54 Å². The summed E-state index contributed by atoms with van der Waals surface area (Å²) >= 11 is 2.95. The van der Waals surface area contributed by atoms with Gasteiger partial charge < -0.3 is 10.4 Å². The van der Waals surface area contributed by atoms with E-state index < -0.39 is 11.8 Å². The minimum atomic E-state index is -1.18. The van der Waals surface area contributed by atoms with Gasteiger partial charge in [-0.05, 0) is 39.7 Å². The Morgan fingerprint density at radius 2 is 2.21 bits per heavy atom. The van der Waals surface area contributed by atoms with Gasteiger partial charge in [0.2, 0.25) is 0 Å². The Balaban J connectivity index is 2.18. The average molecular weight is 325 g/mol. The van der Waals surface area contributed by atoms with Crippen LogP contribution in [0.3, 0.4) is 0 Å². The monoisotopic (exact) mass is 324 g/mol. The van der Waals surface area contributed by atoms with Crippen molar-refractivity contribution in [1.82, 2.24) is 4.98 Å². The summed E-state index contributed by atoms with van der Waals surface area (Å²) in [5.41, 5.74) is 1.03. The van der Waals surface area contributed by atoms with Crippen LogP contribution in [0.2, 0.25) is 0 Å². The minimum absolute atomic E-state index is 0.0591. The van der Waals surface area contributed by atoms with Crippen molar-refractivity contribution < 1.29 is 14.3 Å². The van der Waals surface area contributed by atoms with Crippen molar-refractivity contribution in [3.8, 4) is 0 Å². The number of pyridine rings is 1. The van der Waals surface area contributed by atoms with Gasteiger partial charge in [-0.1, -0.05) is 6.07 Å². The predicted octanol–water partition coefficient (Wildman–Crippen LogP) is 3.29. The minimum Gasteiger partial charge on any atom is -0.478 e. The second-order valence-electron chi connectivity index (χ2n) is 3.81. The Kier molecular flexibility index (Phi) is 4.11. The Labute approximate surface area is 117 Å². The highest BCUT2D eigenvalue weighted by molar-refractivity contribution is 9.10.